The summed E-state index contributed by atoms with van der Waals surface area (Å²) in [6.07, 6.45) is -3.99. The Labute approximate surface area is 113 Å². The number of esters is 1. The second-order valence-electron chi connectivity index (χ2n) is 3.25. The van der Waals surface area contributed by atoms with E-state index in [1.165, 1.54) is 6.92 Å². The van der Waals surface area contributed by atoms with Gasteiger partial charge in [-0.1, -0.05) is 15.9 Å². The molecule has 0 aliphatic rings. The van der Waals surface area contributed by atoms with Crippen molar-refractivity contribution in [1.29, 1.82) is 0 Å². The summed E-state index contributed by atoms with van der Waals surface area (Å²) in [6, 6.07) is 0. The molecule has 0 aromatic carbocycles. The molecule has 1 rings (SSSR count). The Bertz CT molecular complexity index is 526. The minimum atomic E-state index is -5.02. The normalized spacial score (nSPS) is 11.2. The number of carbonyl (C=O) groups excluding carboxylic acids is 1. The third-order valence-corrected chi connectivity index (χ3v) is 2.57. The van der Waals surface area contributed by atoms with E-state index in [1.807, 2.05) is 0 Å². The number of halogens is 4. The predicted molar refractivity (Wildman–Crippen MR) is 62.3 cm³/mol. The predicted octanol–water partition coefficient (Wildman–Crippen LogP) is 2.35. The third-order valence-electron chi connectivity index (χ3n) is 1.96. The summed E-state index contributed by atoms with van der Waals surface area (Å²) in [6.45, 7) is 1.38. The maximum atomic E-state index is 12.3. The molecule has 0 aliphatic heterocycles. The van der Waals surface area contributed by atoms with Crippen LogP contribution < -0.4 is 10.3 Å². The Morgan fingerprint density at radius 2 is 2.11 bits per heavy atom. The number of hydrogen-bond acceptors (Lipinski definition) is 4. The van der Waals surface area contributed by atoms with Gasteiger partial charge in [-0.3, -0.25) is 4.79 Å². The number of H-pyrrole nitrogens is 1. The number of pyridine rings is 1. The zero-order chi connectivity index (χ0) is 14.6. The molecule has 0 atom stereocenters. The average molecular weight is 344 g/mol. The zero-order valence-corrected chi connectivity index (χ0v) is 11.2. The lowest BCUT2D eigenvalue weighted by molar-refractivity contribution is -0.275. The first kappa shape index (κ1) is 15.5. The number of nitrogens with one attached hydrogen (secondary N) is 1. The van der Waals surface area contributed by atoms with Gasteiger partial charge in [0.2, 0.25) is 0 Å². The summed E-state index contributed by atoms with van der Waals surface area (Å²) in [5.41, 5.74) is -1.85. The fourth-order valence-electron chi connectivity index (χ4n) is 1.27. The summed E-state index contributed by atoms with van der Waals surface area (Å²) >= 11 is 2.94. The molecule has 1 aromatic heterocycles. The Morgan fingerprint density at radius 3 is 2.58 bits per heavy atom. The van der Waals surface area contributed by atoms with Gasteiger partial charge in [0, 0.05) is 17.1 Å². The van der Waals surface area contributed by atoms with Crippen molar-refractivity contribution in [2.24, 2.45) is 0 Å². The first-order valence-corrected chi connectivity index (χ1v) is 6.15. The molecular formula is C10H9BrF3NO4. The van der Waals surface area contributed by atoms with E-state index >= 15 is 0 Å². The van der Waals surface area contributed by atoms with Gasteiger partial charge in [-0.15, -0.1) is 13.2 Å². The van der Waals surface area contributed by atoms with Gasteiger partial charge >= 0.3 is 12.3 Å². The van der Waals surface area contributed by atoms with Crippen LogP contribution in [0.2, 0.25) is 0 Å². The molecule has 0 aliphatic carbocycles. The van der Waals surface area contributed by atoms with Crippen LogP contribution in [0.4, 0.5) is 13.2 Å². The van der Waals surface area contributed by atoms with Gasteiger partial charge in [0.05, 0.1) is 6.61 Å². The van der Waals surface area contributed by atoms with Gasteiger partial charge in [0.1, 0.15) is 0 Å². The van der Waals surface area contributed by atoms with E-state index < -0.39 is 29.2 Å². The highest BCUT2D eigenvalue weighted by Gasteiger charge is 2.35. The van der Waals surface area contributed by atoms with E-state index in [9.17, 15) is 22.8 Å². The summed E-state index contributed by atoms with van der Waals surface area (Å²) in [5, 5.41) is -0.0401. The van der Waals surface area contributed by atoms with Crippen molar-refractivity contribution in [3.8, 4) is 5.75 Å². The lowest BCUT2D eigenvalue weighted by Gasteiger charge is -2.14. The smallest absolute Gasteiger partial charge is 0.462 e. The molecule has 0 bridgehead atoms. The lowest BCUT2D eigenvalue weighted by Crippen LogP contribution is -2.26. The summed E-state index contributed by atoms with van der Waals surface area (Å²) in [5.74, 6) is -2.03. The number of aromatic nitrogens is 1. The van der Waals surface area contributed by atoms with Gasteiger partial charge in [-0.2, -0.15) is 0 Å². The number of alkyl halides is 4. The summed E-state index contributed by atoms with van der Waals surface area (Å²) < 4.78 is 45.2. The molecule has 106 valence electrons. The number of rotatable bonds is 4. The maximum Gasteiger partial charge on any atom is 0.573 e. The van der Waals surface area contributed by atoms with Crippen molar-refractivity contribution in [2.45, 2.75) is 18.6 Å². The van der Waals surface area contributed by atoms with Gasteiger partial charge in [-0.05, 0) is 6.92 Å². The van der Waals surface area contributed by atoms with Crippen LogP contribution in [0, 0.1) is 0 Å². The van der Waals surface area contributed by atoms with Crippen LogP contribution in [0.1, 0.15) is 22.8 Å². The average Bonchev–Trinajstić information content (AvgIpc) is 2.27. The number of carbonyl (C=O) groups is 1. The van der Waals surface area contributed by atoms with Crippen LogP contribution >= 0.6 is 15.9 Å². The van der Waals surface area contributed by atoms with Crippen LogP contribution in [0.25, 0.3) is 0 Å². The highest BCUT2D eigenvalue weighted by atomic mass is 79.9. The van der Waals surface area contributed by atoms with E-state index in [4.69, 9.17) is 0 Å². The molecule has 0 spiro atoms. The third kappa shape index (κ3) is 3.98. The minimum Gasteiger partial charge on any atom is -0.462 e. The molecular weight excluding hydrogens is 335 g/mol. The Balaban J connectivity index is 3.41. The van der Waals surface area contributed by atoms with Crippen molar-refractivity contribution in [1.82, 2.24) is 4.98 Å². The van der Waals surface area contributed by atoms with Gasteiger partial charge in [0.15, 0.2) is 11.3 Å². The van der Waals surface area contributed by atoms with Crippen molar-refractivity contribution in [3.63, 3.8) is 0 Å². The fourth-order valence-corrected chi connectivity index (χ4v) is 1.69. The molecule has 1 N–H and O–H groups in total. The number of hydrogen-bond donors (Lipinski definition) is 1. The Hall–Kier alpha value is -1.51. The van der Waals surface area contributed by atoms with Crippen LogP contribution in [-0.4, -0.2) is 23.9 Å². The first-order valence-electron chi connectivity index (χ1n) is 5.03. The van der Waals surface area contributed by atoms with E-state index in [1.54, 1.807) is 0 Å². The molecule has 0 saturated heterocycles. The highest BCUT2D eigenvalue weighted by molar-refractivity contribution is 9.08. The molecule has 5 nitrogen and oxygen atoms in total. The number of aromatic amines is 1. The topological polar surface area (TPSA) is 68.4 Å². The van der Waals surface area contributed by atoms with Gasteiger partial charge < -0.3 is 14.5 Å². The molecule has 9 heteroatoms. The Morgan fingerprint density at radius 1 is 1.47 bits per heavy atom. The largest absolute Gasteiger partial charge is 0.573 e. The molecule has 1 aromatic rings. The van der Waals surface area contributed by atoms with Crippen molar-refractivity contribution in [2.75, 3.05) is 6.61 Å². The summed E-state index contributed by atoms with van der Waals surface area (Å²) in [7, 11) is 0. The quantitative estimate of drug-likeness (QED) is 0.673. The van der Waals surface area contributed by atoms with Crippen molar-refractivity contribution < 1.29 is 27.4 Å². The highest BCUT2D eigenvalue weighted by Crippen LogP contribution is 2.29. The van der Waals surface area contributed by atoms with Crippen molar-refractivity contribution in [3.05, 3.63) is 27.7 Å². The number of ether oxygens (including phenoxy) is 2. The van der Waals surface area contributed by atoms with E-state index in [0.717, 1.165) is 6.20 Å². The Kier molecular flexibility index (Phi) is 4.98. The van der Waals surface area contributed by atoms with E-state index in [-0.39, 0.29) is 17.5 Å². The molecule has 1 heterocycles. The SMILES string of the molecule is CCOC(=O)c1c(OC(F)(F)F)c(CBr)c[nH]c1=O. The van der Waals surface area contributed by atoms with Crippen LogP contribution in [0.5, 0.6) is 5.75 Å². The maximum absolute atomic E-state index is 12.3. The first-order chi connectivity index (χ1) is 8.80. The van der Waals surface area contributed by atoms with Crippen molar-refractivity contribution >= 4 is 21.9 Å². The van der Waals surface area contributed by atoms with E-state index in [2.05, 4.69) is 30.4 Å². The lowest BCUT2D eigenvalue weighted by atomic mass is 10.2. The second-order valence-corrected chi connectivity index (χ2v) is 3.81. The van der Waals surface area contributed by atoms with Gasteiger partial charge in [-0.25, -0.2) is 4.79 Å². The fraction of sp³-hybridized carbons (Fsp3) is 0.400. The molecule has 0 saturated carbocycles. The molecule has 0 fully saturated rings. The van der Waals surface area contributed by atoms with Crippen LogP contribution in [0.3, 0.4) is 0 Å². The molecule has 0 radical (unpaired) electrons. The monoisotopic (exact) mass is 343 g/mol. The second kappa shape index (κ2) is 6.09. The minimum absolute atomic E-state index is 0.0278. The standard InChI is InChI=1S/C10H9BrF3NO4/c1-2-18-9(17)6-7(19-10(12,13)14)5(3-11)4-15-8(6)16/h4H,2-3H2,1H3,(H,15,16). The molecule has 19 heavy (non-hydrogen) atoms. The van der Waals surface area contributed by atoms with Gasteiger partial charge in [0.25, 0.3) is 5.56 Å². The van der Waals surface area contributed by atoms with Crippen LogP contribution in [-0.2, 0) is 10.1 Å². The van der Waals surface area contributed by atoms with E-state index in [0.29, 0.717) is 0 Å². The van der Waals surface area contributed by atoms with Crippen LogP contribution in [0.15, 0.2) is 11.0 Å². The zero-order valence-electron chi connectivity index (χ0n) is 9.64. The summed E-state index contributed by atoms with van der Waals surface area (Å²) in [4.78, 5) is 25.2. The molecule has 0 amide bonds. The molecule has 0 unspecified atom stereocenters.